The monoisotopic (exact) mass is 430 g/mol. The fourth-order valence-corrected chi connectivity index (χ4v) is 5.67. The second kappa shape index (κ2) is 7.24. The number of benzene rings is 1. The van der Waals surface area contributed by atoms with Crippen LogP contribution in [0.15, 0.2) is 53.1 Å². The molecule has 0 saturated carbocycles. The fraction of sp³-hybridized carbons (Fsp3) is 0.440. The van der Waals surface area contributed by atoms with Gasteiger partial charge in [-0.15, -0.1) is 0 Å². The van der Waals surface area contributed by atoms with Crippen LogP contribution in [0.25, 0.3) is 10.9 Å². The Morgan fingerprint density at radius 2 is 2.19 bits per heavy atom. The van der Waals surface area contributed by atoms with Crippen LogP contribution in [-0.2, 0) is 4.79 Å². The molecule has 3 N–H and O–H groups in total. The van der Waals surface area contributed by atoms with E-state index < -0.39 is 0 Å². The molecule has 166 valence electrons. The van der Waals surface area contributed by atoms with Gasteiger partial charge in [0.2, 0.25) is 0 Å². The first-order valence-electron chi connectivity index (χ1n) is 11.6. The number of amidine groups is 1. The summed E-state index contributed by atoms with van der Waals surface area (Å²) in [6.45, 7) is 4.57. The third-order valence-corrected chi connectivity index (χ3v) is 7.34. The molecule has 0 radical (unpaired) electrons. The minimum absolute atomic E-state index is 0.0558. The molecule has 4 atom stereocenters. The molecule has 1 amide bonds. The van der Waals surface area contributed by atoms with E-state index in [9.17, 15) is 4.79 Å². The van der Waals surface area contributed by atoms with Crippen LogP contribution >= 0.6 is 0 Å². The summed E-state index contributed by atoms with van der Waals surface area (Å²) in [4.78, 5) is 22.4. The molecule has 7 heteroatoms. The van der Waals surface area contributed by atoms with Crippen molar-refractivity contribution in [2.24, 2.45) is 10.7 Å². The number of aliphatic imine (C=N–C) groups is 1. The Kier molecular flexibility index (Phi) is 4.43. The molecule has 2 aromatic rings. The van der Waals surface area contributed by atoms with Crippen molar-refractivity contribution in [1.82, 2.24) is 14.4 Å². The third-order valence-electron chi connectivity index (χ3n) is 7.34. The zero-order chi connectivity index (χ0) is 22.0. The predicted octanol–water partition coefficient (Wildman–Crippen LogP) is 2.50. The first kappa shape index (κ1) is 19.6. The average Bonchev–Trinajstić information content (AvgIpc) is 3.35. The molecular formula is C25H30N6O. The van der Waals surface area contributed by atoms with Crippen LogP contribution in [0.5, 0.6) is 0 Å². The number of nitrogens with one attached hydrogen (secondary N) is 1. The van der Waals surface area contributed by atoms with Gasteiger partial charge < -0.3 is 25.4 Å². The Morgan fingerprint density at radius 3 is 3.03 bits per heavy atom. The fourth-order valence-electron chi connectivity index (χ4n) is 5.67. The van der Waals surface area contributed by atoms with Gasteiger partial charge >= 0.3 is 0 Å². The molecule has 1 aromatic carbocycles. The second-order valence-electron chi connectivity index (χ2n) is 9.55. The molecule has 4 aliphatic rings. The van der Waals surface area contributed by atoms with Gasteiger partial charge in [0.25, 0.3) is 5.91 Å². The maximum Gasteiger partial charge on any atom is 0.253 e. The maximum atomic E-state index is 13.1. The lowest BCUT2D eigenvalue weighted by molar-refractivity contribution is -0.128. The lowest BCUT2D eigenvalue weighted by atomic mass is 9.97. The molecule has 0 spiro atoms. The number of nitrogens with two attached hydrogens (primary N) is 1. The molecule has 6 rings (SSSR count). The van der Waals surface area contributed by atoms with E-state index in [0.29, 0.717) is 12.6 Å². The third kappa shape index (κ3) is 2.91. The normalized spacial score (nSPS) is 29.0. The van der Waals surface area contributed by atoms with Crippen molar-refractivity contribution >= 4 is 28.3 Å². The summed E-state index contributed by atoms with van der Waals surface area (Å²) in [5.74, 6) is 1.07. The number of aromatic nitrogens is 1. The molecule has 1 fully saturated rings. The molecule has 3 aliphatic heterocycles. The van der Waals surface area contributed by atoms with Gasteiger partial charge in [-0.25, -0.2) is 0 Å². The number of nitrogens with zero attached hydrogens (tertiary/aromatic N) is 4. The van der Waals surface area contributed by atoms with Crippen LogP contribution in [0.1, 0.15) is 31.5 Å². The molecule has 4 heterocycles. The van der Waals surface area contributed by atoms with Crippen LogP contribution in [-0.4, -0.2) is 70.9 Å². The van der Waals surface area contributed by atoms with Crippen LogP contribution in [0.4, 0.5) is 5.69 Å². The minimum Gasteiger partial charge on any atom is -0.381 e. The zero-order valence-corrected chi connectivity index (χ0v) is 18.7. The Labute approximate surface area is 188 Å². The number of likely N-dealkylation sites (N-methyl/N-ethyl adjacent to an activating group) is 1. The summed E-state index contributed by atoms with van der Waals surface area (Å²) in [5, 5.41) is 4.78. The summed E-state index contributed by atoms with van der Waals surface area (Å²) >= 11 is 0. The number of hydrogen-bond donors (Lipinski definition) is 2. The smallest absolute Gasteiger partial charge is 0.253 e. The van der Waals surface area contributed by atoms with E-state index in [-0.39, 0.29) is 24.0 Å². The van der Waals surface area contributed by atoms with Gasteiger partial charge in [0, 0.05) is 49.7 Å². The van der Waals surface area contributed by atoms with E-state index in [1.807, 2.05) is 17.1 Å². The molecule has 3 unspecified atom stereocenters. The maximum absolute atomic E-state index is 13.1. The lowest BCUT2D eigenvalue weighted by Crippen LogP contribution is -2.46. The zero-order valence-electron chi connectivity index (χ0n) is 18.7. The topological polar surface area (TPSA) is 78.9 Å². The van der Waals surface area contributed by atoms with Crippen LogP contribution in [0.3, 0.4) is 0 Å². The highest BCUT2D eigenvalue weighted by molar-refractivity contribution is 6.06. The highest BCUT2D eigenvalue weighted by Gasteiger charge is 2.37. The van der Waals surface area contributed by atoms with E-state index in [4.69, 9.17) is 10.7 Å². The first-order valence-corrected chi connectivity index (χ1v) is 11.6. The first-order chi connectivity index (χ1) is 15.5. The number of carbonyl (C=O) groups excluding carboxylic acids is 1. The molecule has 1 aromatic heterocycles. The lowest BCUT2D eigenvalue weighted by Gasteiger charge is -2.32. The summed E-state index contributed by atoms with van der Waals surface area (Å²) in [6.07, 6.45) is 8.12. The van der Waals surface area contributed by atoms with Gasteiger partial charge in [0.15, 0.2) is 0 Å². The van der Waals surface area contributed by atoms with Crippen molar-refractivity contribution in [3.8, 4) is 0 Å². The van der Waals surface area contributed by atoms with E-state index >= 15 is 0 Å². The summed E-state index contributed by atoms with van der Waals surface area (Å²) in [6, 6.07) is 9.16. The number of likely N-dealkylation sites (tertiary alicyclic amines) is 1. The quantitative estimate of drug-likeness (QED) is 0.767. The van der Waals surface area contributed by atoms with Crippen molar-refractivity contribution < 1.29 is 4.79 Å². The Balaban J connectivity index is 1.36. The van der Waals surface area contributed by atoms with Crippen molar-refractivity contribution in [1.29, 1.82) is 0 Å². The van der Waals surface area contributed by atoms with E-state index in [2.05, 4.69) is 59.1 Å². The molecule has 7 nitrogen and oxygen atoms in total. The van der Waals surface area contributed by atoms with Crippen LogP contribution in [0.2, 0.25) is 0 Å². The highest BCUT2D eigenvalue weighted by Crippen LogP contribution is 2.36. The second-order valence-corrected chi connectivity index (χ2v) is 9.55. The number of piperidine rings is 1. The Morgan fingerprint density at radius 1 is 1.31 bits per heavy atom. The number of anilines is 1. The van der Waals surface area contributed by atoms with Crippen molar-refractivity contribution in [3.63, 3.8) is 0 Å². The molecule has 1 saturated heterocycles. The number of para-hydroxylation sites is 1. The Hall–Kier alpha value is -3.06. The van der Waals surface area contributed by atoms with Gasteiger partial charge in [-0.1, -0.05) is 24.3 Å². The molecule has 1 aliphatic carbocycles. The van der Waals surface area contributed by atoms with E-state index in [1.165, 1.54) is 16.6 Å². The largest absolute Gasteiger partial charge is 0.381 e. The van der Waals surface area contributed by atoms with Gasteiger partial charge in [-0.2, -0.15) is 0 Å². The van der Waals surface area contributed by atoms with Crippen molar-refractivity contribution in [2.75, 3.05) is 32.0 Å². The predicted molar refractivity (Wildman–Crippen MR) is 128 cm³/mol. The SMILES string of the molecule is CC1CNc2cccc3cc(C4=NC5C=C(C(=O)N6CCC[C@@H](N)C6)C=CC5N4C)n1c23. The molecular weight excluding hydrogens is 400 g/mol. The van der Waals surface area contributed by atoms with Gasteiger partial charge in [0.1, 0.15) is 5.84 Å². The number of fused-ring (bicyclic) bond motifs is 1. The van der Waals surface area contributed by atoms with E-state index in [0.717, 1.165) is 43.0 Å². The van der Waals surface area contributed by atoms with E-state index in [1.54, 1.807) is 0 Å². The van der Waals surface area contributed by atoms with Crippen molar-refractivity contribution in [3.05, 3.63) is 53.8 Å². The van der Waals surface area contributed by atoms with Crippen LogP contribution in [0, 0.1) is 0 Å². The Bertz CT molecular complexity index is 1190. The summed E-state index contributed by atoms with van der Waals surface area (Å²) in [5.41, 5.74) is 10.4. The standard InChI is InChI=1S/C25H30N6O/c1-15-13-27-19-7-3-5-16-12-22(31(15)23(16)19)24-28-20-11-17(8-9-21(20)29(24)2)25(32)30-10-4-6-18(26)14-30/h3,5,7-9,11-12,15,18,20-21,27H,4,6,10,13-14,26H2,1-2H3/t15?,18-,20?,21?/m1/s1. The van der Waals surface area contributed by atoms with Gasteiger partial charge in [0.05, 0.1) is 29.0 Å². The van der Waals surface area contributed by atoms with Gasteiger partial charge in [-0.05, 0) is 38.0 Å². The van der Waals surface area contributed by atoms with Gasteiger partial charge in [-0.3, -0.25) is 9.79 Å². The molecule has 32 heavy (non-hydrogen) atoms. The number of rotatable bonds is 2. The average molecular weight is 431 g/mol. The van der Waals surface area contributed by atoms with Crippen molar-refractivity contribution in [2.45, 2.75) is 43.9 Å². The summed E-state index contributed by atoms with van der Waals surface area (Å²) < 4.78 is 2.42. The number of hydrogen-bond acceptors (Lipinski definition) is 5. The molecule has 0 bridgehead atoms. The summed E-state index contributed by atoms with van der Waals surface area (Å²) in [7, 11) is 2.11. The highest BCUT2D eigenvalue weighted by atomic mass is 16.2. The van der Waals surface area contributed by atoms with Crippen LogP contribution < -0.4 is 11.1 Å². The minimum atomic E-state index is -0.0558. The number of carbonyl (C=O) groups is 1. The number of amides is 1.